The molecule has 0 fully saturated rings. The van der Waals surface area contributed by atoms with Gasteiger partial charge in [-0.15, -0.1) is 0 Å². The molecule has 1 rings (SSSR count). The molecule has 4 nitrogen and oxygen atoms in total. The Hall–Kier alpha value is -0.980. The van der Waals surface area contributed by atoms with E-state index in [2.05, 4.69) is 10.5 Å². The zero-order valence-corrected chi connectivity index (χ0v) is 10.1. The summed E-state index contributed by atoms with van der Waals surface area (Å²) in [7, 11) is 3.35. The molecule has 0 saturated carbocycles. The highest BCUT2D eigenvalue weighted by Crippen LogP contribution is 2.28. The normalized spacial score (nSPS) is 10.2. The van der Waals surface area contributed by atoms with Gasteiger partial charge in [-0.05, 0) is 23.8 Å². The van der Waals surface area contributed by atoms with Crippen LogP contribution in [0.25, 0.3) is 0 Å². The summed E-state index contributed by atoms with van der Waals surface area (Å²) in [6, 6.07) is 5.59. The maximum absolute atomic E-state index is 5.14. The number of nitrogens with zero attached hydrogens (tertiary/aromatic N) is 1. The second kappa shape index (κ2) is 5.69. The van der Waals surface area contributed by atoms with Crippen LogP contribution in [-0.4, -0.2) is 20.4 Å². The minimum Gasteiger partial charge on any atom is -0.493 e. The second-order valence-electron chi connectivity index (χ2n) is 2.47. The first-order valence-electron chi connectivity index (χ1n) is 3.98. The van der Waals surface area contributed by atoms with Gasteiger partial charge in [0.2, 0.25) is 0 Å². The van der Waals surface area contributed by atoms with Gasteiger partial charge >= 0.3 is 0 Å². The fourth-order valence-corrected chi connectivity index (χ4v) is 1.33. The van der Waals surface area contributed by atoms with Crippen molar-refractivity contribution < 1.29 is 7.80 Å². The first-order valence-corrected chi connectivity index (χ1v) is 4.86. The Labute approximate surface area is 97.0 Å². The Bertz CT molecular complexity index is 329. The van der Waals surface area contributed by atoms with Crippen molar-refractivity contribution in [1.29, 1.82) is 0 Å². The predicted molar refractivity (Wildman–Crippen MR) is 64.3 cm³/mol. The van der Waals surface area contributed by atoms with E-state index in [1.54, 1.807) is 20.4 Å². The zero-order chi connectivity index (χ0) is 10.4. The SMILES string of the molecule is CN/N=C/c1ccc(OI)c(OC)c1. The van der Waals surface area contributed by atoms with Crippen LogP contribution in [0.15, 0.2) is 23.3 Å². The Balaban J connectivity index is 2.95. The Morgan fingerprint density at radius 3 is 2.79 bits per heavy atom. The highest BCUT2D eigenvalue weighted by Gasteiger charge is 2.03. The third-order valence-electron chi connectivity index (χ3n) is 1.61. The highest BCUT2D eigenvalue weighted by molar-refractivity contribution is 14.1. The van der Waals surface area contributed by atoms with E-state index in [4.69, 9.17) is 7.80 Å². The maximum Gasteiger partial charge on any atom is 0.192 e. The Morgan fingerprint density at radius 2 is 2.21 bits per heavy atom. The minimum atomic E-state index is 0.694. The number of benzene rings is 1. The van der Waals surface area contributed by atoms with Gasteiger partial charge < -0.3 is 13.2 Å². The monoisotopic (exact) mass is 306 g/mol. The minimum absolute atomic E-state index is 0.694. The molecule has 1 N–H and O–H groups in total. The first-order chi connectivity index (χ1) is 6.81. The van der Waals surface area contributed by atoms with Crippen molar-refractivity contribution >= 4 is 29.2 Å². The van der Waals surface area contributed by atoms with Crippen molar-refractivity contribution in [2.24, 2.45) is 5.10 Å². The van der Waals surface area contributed by atoms with Crippen LogP contribution in [0.2, 0.25) is 0 Å². The smallest absolute Gasteiger partial charge is 0.192 e. The predicted octanol–water partition coefficient (Wildman–Crippen LogP) is 1.98. The largest absolute Gasteiger partial charge is 0.493 e. The lowest BCUT2D eigenvalue weighted by atomic mass is 10.2. The van der Waals surface area contributed by atoms with Crippen LogP contribution < -0.4 is 13.2 Å². The van der Waals surface area contributed by atoms with Gasteiger partial charge in [0, 0.05) is 7.05 Å². The van der Waals surface area contributed by atoms with Crippen molar-refractivity contribution in [3.8, 4) is 11.5 Å². The summed E-state index contributed by atoms with van der Waals surface area (Å²) < 4.78 is 10.2. The van der Waals surface area contributed by atoms with E-state index >= 15 is 0 Å². The van der Waals surface area contributed by atoms with Crippen molar-refractivity contribution in [3.05, 3.63) is 23.8 Å². The van der Waals surface area contributed by atoms with E-state index in [0.717, 1.165) is 5.56 Å². The molecule has 0 aliphatic carbocycles. The molecule has 0 aliphatic heterocycles. The molecule has 0 bridgehead atoms. The van der Waals surface area contributed by atoms with Gasteiger partial charge in [0.1, 0.15) is 0 Å². The summed E-state index contributed by atoms with van der Waals surface area (Å²) in [5.41, 5.74) is 3.63. The third kappa shape index (κ3) is 2.76. The number of nitrogens with one attached hydrogen (secondary N) is 1. The number of hydrogen-bond acceptors (Lipinski definition) is 4. The van der Waals surface area contributed by atoms with Gasteiger partial charge in [-0.25, -0.2) is 0 Å². The van der Waals surface area contributed by atoms with Crippen molar-refractivity contribution in [2.45, 2.75) is 0 Å². The molecule has 0 saturated heterocycles. The molecule has 5 heteroatoms. The number of rotatable bonds is 4. The summed E-state index contributed by atoms with van der Waals surface area (Å²) in [4.78, 5) is 0. The van der Waals surface area contributed by atoms with Crippen molar-refractivity contribution in [2.75, 3.05) is 14.2 Å². The van der Waals surface area contributed by atoms with Crippen molar-refractivity contribution in [3.63, 3.8) is 0 Å². The molecule has 14 heavy (non-hydrogen) atoms. The summed E-state index contributed by atoms with van der Waals surface area (Å²) >= 11 is 1.82. The Morgan fingerprint density at radius 1 is 1.43 bits per heavy atom. The molecule has 76 valence electrons. The van der Waals surface area contributed by atoms with E-state index in [-0.39, 0.29) is 0 Å². The quantitative estimate of drug-likeness (QED) is 0.525. The van der Waals surface area contributed by atoms with Gasteiger partial charge in [-0.1, -0.05) is 0 Å². The van der Waals surface area contributed by atoms with E-state index < -0.39 is 0 Å². The lowest BCUT2D eigenvalue weighted by molar-refractivity contribution is 0.403. The van der Waals surface area contributed by atoms with E-state index in [1.807, 2.05) is 41.2 Å². The summed E-state index contributed by atoms with van der Waals surface area (Å²) in [5.74, 6) is 1.40. The molecule has 0 radical (unpaired) electrons. The molecule has 0 spiro atoms. The highest BCUT2D eigenvalue weighted by atomic mass is 127. The molecule has 0 aliphatic rings. The number of ether oxygens (including phenoxy) is 1. The van der Waals surface area contributed by atoms with Gasteiger partial charge in [0.25, 0.3) is 0 Å². The van der Waals surface area contributed by atoms with E-state index in [0.29, 0.717) is 11.5 Å². The number of methoxy groups -OCH3 is 1. The Kier molecular flexibility index (Phi) is 4.51. The first kappa shape index (κ1) is 11.1. The van der Waals surface area contributed by atoms with Crippen molar-refractivity contribution in [1.82, 2.24) is 5.43 Å². The summed E-state index contributed by atoms with van der Waals surface area (Å²) in [5, 5.41) is 3.90. The third-order valence-corrected chi connectivity index (χ3v) is 2.09. The van der Waals surface area contributed by atoms with Gasteiger partial charge in [-0.3, -0.25) is 0 Å². The number of hydrazone groups is 1. The van der Waals surface area contributed by atoms with Gasteiger partial charge in [-0.2, -0.15) is 5.10 Å². The number of halogens is 1. The van der Waals surface area contributed by atoms with E-state index in [1.165, 1.54) is 0 Å². The molecule has 0 atom stereocenters. The molecule has 1 aromatic rings. The standard InChI is InChI=1S/C9H11IN2O2/c1-11-12-6-7-3-4-8(14-10)9(5-7)13-2/h3-6,11H,1-2H3/b12-6+. The van der Waals surface area contributed by atoms with Gasteiger partial charge in [0.05, 0.1) is 13.3 Å². The second-order valence-corrected chi connectivity index (χ2v) is 2.91. The molecular weight excluding hydrogens is 295 g/mol. The van der Waals surface area contributed by atoms with Crippen LogP contribution in [0.3, 0.4) is 0 Å². The van der Waals surface area contributed by atoms with Crippen LogP contribution >= 0.6 is 23.0 Å². The number of hydrogen-bond donors (Lipinski definition) is 1. The van der Waals surface area contributed by atoms with Crippen LogP contribution in [0.5, 0.6) is 11.5 Å². The topological polar surface area (TPSA) is 42.9 Å². The lowest BCUT2D eigenvalue weighted by Crippen LogP contribution is -1.95. The summed E-state index contributed by atoms with van der Waals surface area (Å²) in [6.45, 7) is 0. The summed E-state index contributed by atoms with van der Waals surface area (Å²) in [6.07, 6.45) is 1.71. The molecular formula is C9H11IN2O2. The molecule has 0 amide bonds. The van der Waals surface area contributed by atoms with Gasteiger partial charge in [0.15, 0.2) is 34.5 Å². The molecule has 1 aromatic carbocycles. The molecule has 0 heterocycles. The van der Waals surface area contributed by atoms with E-state index in [9.17, 15) is 0 Å². The van der Waals surface area contributed by atoms with Crippen LogP contribution in [0.4, 0.5) is 0 Å². The fourth-order valence-electron chi connectivity index (χ4n) is 0.967. The maximum atomic E-state index is 5.14. The van der Waals surface area contributed by atoms with Crippen LogP contribution in [0, 0.1) is 0 Å². The molecule has 0 unspecified atom stereocenters. The van der Waals surface area contributed by atoms with Crippen LogP contribution in [-0.2, 0) is 0 Å². The molecule has 0 aromatic heterocycles. The fraction of sp³-hybridized carbons (Fsp3) is 0.222. The average molecular weight is 306 g/mol. The average Bonchev–Trinajstić information content (AvgIpc) is 2.25. The lowest BCUT2D eigenvalue weighted by Gasteiger charge is -2.05. The zero-order valence-electron chi connectivity index (χ0n) is 7.95. The van der Waals surface area contributed by atoms with Crippen LogP contribution in [0.1, 0.15) is 5.56 Å².